The molecule has 23 heavy (non-hydrogen) atoms. The summed E-state index contributed by atoms with van der Waals surface area (Å²) in [6.45, 7) is 5.89. The summed E-state index contributed by atoms with van der Waals surface area (Å²) in [7, 11) is 0. The summed E-state index contributed by atoms with van der Waals surface area (Å²) in [5.41, 5.74) is 0.720. The maximum atomic E-state index is 12.4. The Labute approximate surface area is 138 Å². The number of hydrogen-bond acceptors (Lipinski definition) is 3. The van der Waals surface area contributed by atoms with Crippen molar-refractivity contribution in [3.8, 4) is 0 Å². The van der Waals surface area contributed by atoms with Gasteiger partial charge in [0.25, 0.3) is 5.91 Å². The Balaban J connectivity index is 1.71. The molecule has 1 heterocycles. The lowest BCUT2D eigenvalue weighted by Gasteiger charge is -2.31. The van der Waals surface area contributed by atoms with Crippen LogP contribution in [0.15, 0.2) is 30.3 Å². The maximum absolute atomic E-state index is 12.4. The van der Waals surface area contributed by atoms with Gasteiger partial charge in [-0.2, -0.15) is 0 Å². The fourth-order valence-corrected chi connectivity index (χ4v) is 2.83. The molecule has 0 radical (unpaired) electrons. The third kappa shape index (κ3) is 5.36. The van der Waals surface area contributed by atoms with Gasteiger partial charge in [-0.05, 0) is 37.9 Å². The van der Waals surface area contributed by atoms with Crippen molar-refractivity contribution in [3.05, 3.63) is 35.9 Å². The van der Waals surface area contributed by atoms with Crippen LogP contribution in [0.5, 0.6) is 0 Å². The number of rotatable bonds is 7. The van der Waals surface area contributed by atoms with Crippen molar-refractivity contribution in [2.24, 2.45) is 5.92 Å². The largest absolute Gasteiger partial charge is 0.355 e. The highest BCUT2D eigenvalue weighted by atomic mass is 16.2. The topological polar surface area (TPSA) is 61.4 Å². The predicted octanol–water partition coefficient (Wildman–Crippen LogP) is 1.65. The number of carbonyl (C=O) groups excluding carboxylic acids is 2. The van der Waals surface area contributed by atoms with Crippen LogP contribution in [-0.2, 0) is 4.79 Å². The molecule has 0 spiro atoms. The van der Waals surface area contributed by atoms with Crippen LogP contribution in [0.25, 0.3) is 0 Å². The van der Waals surface area contributed by atoms with E-state index in [0.717, 1.165) is 37.9 Å². The van der Waals surface area contributed by atoms with E-state index in [1.54, 1.807) is 0 Å². The second kappa shape index (κ2) is 9.30. The molecular weight excluding hydrogens is 290 g/mol. The van der Waals surface area contributed by atoms with Crippen LogP contribution >= 0.6 is 0 Å². The first-order chi connectivity index (χ1) is 11.2. The smallest absolute Gasteiger partial charge is 0.253 e. The van der Waals surface area contributed by atoms with Gasteiger partial charge in [0.2, 0.25) is 5.91 Å². The number of nitrogens with one attached hydrogen (secondary N) is 2. The molecule has 5 nitrogen and oxygen atoms in total. The normalized spacial score (nSPS) is 15.4. The fraction of sp³-hybridized carbons (Fsp3) is 0.556. The van der Waals surface area contributed by atoms with Crippen molar-refractivity contribution in [2.75, 3.05) is 32.7 Å². The number of likely N-dealkylation sites (tertiary alicyclic amines) is 1. The van der Waals surface area contributed by atoms with E-state index in [2.05, 4.69) is 17.6 Å². The van der Waals surface area contributed by atoms with Crippen molar-refractivity contribution in [2.45, 2.75) is 26.2 Å². The minimum atomic E-state index is 0.0287. The van der Waals surface area contributed by atoms with Crippen LogP contribution in [0.4, 0.5) is 0 Å². The van der Waals surface area contributed by atoms with Gasteiger partial charge in [0.15, 0.2) is 0 Å². The zero-order valence-electron chi connectivity index (χ0n) is 13.9. The molecule has 0 atom stereocenters. The molecule has 5 heteroatoms. The van der Waals surface area contributed by atoms with E-state index in [1.165, 1.54) is 0 Å². The highest BCUT2D eigenvalue weighted by molar-refractivity contribution is 5.94. The van der Waals surface area contributed by atoms with Crippen molar-refractivity contribution < 1.29 is 9.59 Å². The van der Waals surface area contributed by atoms with Crippen LogP contribution in [0.1, 0.15) is 36.5 Å². The molecule has 2 N–H and O–H groups in total. The molecule has 0 aliphatic carbocycles. The molecule has 1 aromatic rings. The van der Waals surface area contributed by atoms with Gasteiger partial charge in [0, 0.05) is 37.7 Å². The van der Waals surface area contributed by atoms with Gasteiger partial charge < -0.3 is 15.5 Å². The molecule has 2 rings (SSSR count). The first-order valence-electron chi connectivity index (χ1n) is 8.55. The molecule has 0 bridgehead atoms. The molecule has 0 saturated carbocycles. The van der Waals surface area contributed by atoms with Crippen molar-refractivity contribution in [1.82, 2.24) is 15.5 Å². The van der Waals surface area contributed by atoms with Crippen LogP contribution < -0.4 is 10.6 Å². The van der Waals surface area contributed by atoms with E-state index >= 15 is 0 Å². The fourth-order valence-electron chi connectivity index (χ4n) is 2.83. The Morgan fingerprint density at radius 3 is 2.43 bits per heavy atom. The average Bonchev–Trinajstić information content (AvgIpc) is 2.61. The van der Waals surface area contributed by atoms with E-state index < -0.39 is 0 Å². The molecule has 0 unspecified atom stereocenters. The average molecular weight is 317 g/mol. The van der Waals surface area contributed by atoms with E-state index in [9.17, 15) is 9.59 Å². The third-order valence-electron chi connectivity index (χ3n) is 4.20. The molecule has 0 aromatic heterocycles. The van der Waals surface area contributed by atoms with E-state index in [-0.39, 0.29) is 17.7 Å². The molecule has 1 aromatic carbocycles. The van der Waals surface area contributed by atoms with Crippen molar-refractivity contribution in [1.29, 1.82) is 0 Å². The van der Waals surface area contributed by atoms with Gasteiger partial charge >= 0.3 is 0 Å². The van der Waals surface area contributed by atoms with Gasteiger partial charge in [0.05, 0.1) is 0 Å². The Bertz CT molecular complexity index is 496. The van der Waals surface area contributed by atoms with Gasteiger partial charge in [-0.3, -0.25) is 9.59 Å². The Hall–Kier alpha value is -1.88. The molecule has 2 amide bonds. The predicted molar refractivity (Wildman–Crippen MR) is 91.2 cm³/mol. The summed E-state index contributed by atoms with van der Waals surface area (Å²) < 4.78 is 0. The van der Waals surface area contributed by atoms with E-state index in [4.69, 9.17) is 0 Å². The third-order valence-corrected chi connectivity index (χ3v) is 4.20. The van der Waals surface area contributed by atoms with Gasteiger partial charge in [-0.15, -0.1) is 0 Å². The second-order valence-corrected chi connectivity index (χ2v) is 5.97. The van der Waals surface area contributed by atoms with Crippen LogP contribution in [-0.4, -0.2) is 49.4 Å². The van der Waals surface area contributed by atoms with Crippen LogP contribution in [0, 0.1) is 5.92 Å². The molecule has 1 aliphatic heterocycles. The zero-order chi connectivity index (χ0) is 16.5. The molecule has 1 fully saturated rings. The summed E-state index contributed by atoms with van der Waals surface area (Å²) in [6, 6.07) is 9.33. The lowest BCUT2D eigenvalue weighted by atomic mass is 9.95. The summed E-state index contributed by atoms with van der Waals surface area (Å²) in [6.07, 6.45) is 2.58. The van der Waals surface area contributed by atoms with E-state index in [0.29, 0.717) is 19.6 Å². The number of nitrogens with zero attached hydrogens (tertiary/aromatic N) is 1. The first-order valence-corrected chi connectivity index (χ1v) is 8.55. The molecule has 1 aliphatic rings. The minimum absolute atomic E-state index is 0.0287. The van der Waals surface area contributed by atoms with Gasteiger partial charge in [-0.1, -0.05) is 25.1 Å². The Morgan fingerprint density at radius 1 is 1.09 bits per heavy atom. The number of piperidine rings is 1. The van der Waals surface area contributed by atoms with Crippen molar-refractivity contribution >= 4 is 11.8 Å². The first kappa shape index (κ1) is 17.5. The van der Waals surface area contributed by atoms with Gasteiger partial charge in [-0.25, -0.2) is 0 Å². The quantitative estimate of drug-likeness (QED) is 0.752. The second-order valence-electron chi connectivity index (χ2n) is 5.97. The van der Waals surface area contributed by atoms with Crippen LogP contribution in [0.3, 0.4) is 0 Å². The lowest BCUT2D eigenvalue weighted by molar-refractivity contribution is -0.126. The molecule has 1 saturated heterocycles. The van der Waals surface area contributed by atoms with E-state index in [1.807, 2.05) is 35.2 Å². The maximum Gasteiger partial charge on any atom is 0.253 e. The number of hydrogen-bond donors (Lipinski definition) is 2. The highest BCUT2D eigenvalue weighted by Crippen LogP contribution is 2.19. The highest BCUT2D eigenvalue weighted by Gasteiger charge is 2.27. The summed E-state index contributed by atoms with van der Waals surface area (Å²) >= 11 is 0. The molecular formula is C18H27N3O2. The Morgan fingerprint density at radius 2 is 1.78 bits per heavy atom. The zero-order valence-corrected chi connectivity index (χ0v) is 13.9. The number of amides is 2. The number of benzene rings is 1. The Kier molecular flexibility index (Phi) is 7.07. The summed E-state index contributed by atoms with van der Waals surface area (Å²) in [4.78, 5) is 26.3. The number of carbonyl (C=O) groups is 2. The lowest BCUT2D eigenvalue weighted by Crippen LogP contribution is -2.44. The monoisotopic (exact) mass is 317 g/mol. The van der Waals surface area contributed by atoms with Crippen LogP contribution in [0.2, 0.25) is 0 Å². The van der Waals surface area contributed by atoms with Crippen molar-refractivity contribution in [3.63, 3.8) is 0 Å². The standard InChI is InChI=1S/C18H27N3O2/c1-2-10-19-11-12-20-17(22)15-8-13-21(14-9-15)18(23)16-6-4-3-5-7-16/h3-7,15,19H,2,8-14H2,1H3,(H,20,22). The summed E-state index contributed by atoms with van der Waals surface area (Å²) in [5, 5.41) is 6.25. The summed E-state index contributed by atoms with van der Waals surface area (Å²) in [5.74, 6) is 0.212. The minimum Gasteiger partial charge on any atom is -0.355 e. The molecule has 126 valence electrons. The SMILES string of the molecule is CCCNCCNC(=O)C1CCN(C(=O)c2ccccc2)CC1. The van der Waals surface area contributed by atoms with Gasteiger partial charge in [0.1, 0.15) is 0 Å².